The van der Waals surface area contributed by atoms with E-state index >= 15 is 0 Å². The van der Waals surface area contributed by atoms with Crippen molar-refractivity contribution in [3.8, 4) is 17.2 Å². The second-order valence-electron chi connectivity index (χ2n) is 6.63. The Labute approximate surface area is 170 Å². The summed E-state index contributed by atoms with van der Waals surface area (Å²) in [6.45, 7) is -0.277. The molecule has 2 heterocycles. The van der Waals surface area contributed by atoms with E-state index in [0.717, 1.165) is 0 Å². The highest BCUT2D eigenvalue weighted by Gasteiger charge is 2.34. The Balaban J connectivity index is 1.79. The maximum atomic E-state index is 12.7. The van der Waals surface area contributed by atoms with Crippen molar-refractivity contribution in [2.75, 3.05) is 20.8 Å². The van der Waals surface area contributed by atoms with Gasteiger partial charge in [-0.05, 0) is 29.8 Å². The van der Waals surface area contributed by atoms with Crippen LogP contribution in [0.4, 0.5) is 0 Å². The zero-order valence-corrected chi connectivity index (χ0v) is 16.3. The van der Waals surface area contributed by atoms with E-state index in [1.165, 1.54) is 14.2 Å². The number of carbonyl (C=O) groups excluding carboxylic acids is 2. The summed E-state index contributed by atoms with van der Waals surface area (Å²) >= 11 is 0. The van der Waals surface area contributed by atoms with Crippen LogP contribution in [0.2, 0.25) is 0 Å². The van der Waals surface area contributed by atoms with Gasteiger partial charge < -0.3 is 23.4 Å². The average Bonchev–Trinajstić information content (AvgIpc) is 2.76. The molecule has 1 aromatic heterocycles. The first-order valence-corrected chi connectivity index (χ1v) is 9.15. The van der Waals surface area contributed by atoms with Crippen molar-refractivity contribution in [3.05, 3.63) is 64.0 Å². The third-order valence-corrected chi connectivity index (χ3v) is 4.90. The fraction of sp³-hybridized carbons (Fsp3) is 0.227. The molecule has 0 spiro atoms. The predicted molar refractivity (Wildman–Crippen MR) is 105 cm³/mol. The van der Waals surface area contributed by atoms with E-state index in [1.54, 1.807) is 42.5 Å². The number of rotatable bonds is 5. The molecule has 4 rings (SSSR count). The van der Waals surface area contributed by atoms with Gasteiger partial charge in [0.2, 0.25) is 0 Å². The van der Waals surface area contributed by atoms with E-state index in [9.17, 15) is 14.4 Å². The van der Waals surface area contributed by atoms with Crippen LogP contribution in [-0.2, 0) is 14.3 Å². The van der Waals surface area contributed by atoms with Crippen LogP contribution >= 0.6 is 0 Å². The molecular formula is C22H18O8. The summed E-state index contributed by atoms with van der Waals surface area (Å²) in [6.07, 6.45) is -0.0262. The van der Waals surface area contributed by atoms with Crippen LogP contribution in [0.15, 0.2) is 51.7 Å². The van der Waals surface area contributed by atoms with Gasteiger partial charge >= 0.3 is 17.6 Å². The van der Waals surface area contributed by atoms with Crippen LogP contribution in [0.5, 0.6) is 17.2 Å². The lowest BCUT2D eigenvalue weighted by molar-refractivity contribution is -0.143. The first-order valence-electron chi connectivity index (χ1n) is 9.15. The van der Waals surface area contributed by atoms with Gasteiger partial charge in [0.1, 0.15) is 5.58 Å². The molecule has 0 amide bonds. The average molecular weight is 410 g/mol. The van der Waals surface area contributed by atoms with Gasteiger partial charge in [-0.25, -0.2) is 9.59 Å². The molecule has 3 aromatic rings. The smallest absolute Gasteiger partial charge is 0.343 e. The molecular weight excluding hydrogens is 392 g/mol. The van der Waals surface area contributed by atoms with E-state index in [2.05, 4.69) is 4.74 Å². The van der Waals surface area contributed by atoms with Gasteiger partial charge in [-0.3, -0.25) is 4.79 Å². The maximum Gasteiger partial charge on any atom is 0.343 e. The minimum atomic E-state index is -0.578. The Bertz CT molecular complexity index is 1190. The molecule has 1 aliphatic heterocycles. The fourth-order valence-electron chi connectivity index (χ4n) is 3.47. The molecule has 8 nitrogen and oxygen atoms in total. The summed E-state index contributed by atoms with van der Waals surface area (Å²) in [7, 11) is 2.72. The molecule has 0 unspecified atom stereocenters. The highest BCUT2D eigenvalue weighted by molar-refractivity contribution is 5.90. The Morgan fingerprint density at radius 2 is 1.90 bits per heavy atom. The van der Waals surface area contributed by atoms with E-state index in [1.807, 2.05) is 0 Å². The van der Waals surface area contributed by atoms with Gasteiger partial charge in [-0.2, -0.15) is 0 Å². The van der Waals surface area contributed by atoms with E-state index in [4.69, 9.17) is 18.6 Å². The van der Waals surface area contributed by atoms with Gasteiger partial charge in [0.15, 0.2) is 23.9 Å². The number of ether oxygens (including phenoxy) is 4. The van der Waals surface area contributed by atoms with Crippen LogP contribution in [0.1, 0.15) is 23.5 Å². The van der Waals surface area contributed by atoms with Crippen LogP contribution in [0.3, 0.4) is 0 Å². The Kier molecular flexibility index (Phi) is 5.14. The largest absolute Gasteiger partial charge is 0.493 e. The van der Waals surface area contributed by atoms with Crippen LogP contribution in [-0.4, -0.2) is 32.8 Å². The van der Waals surface area contributed by atoms with Crippen molar-refractivity contribution in [2.45, 2.75) is 12.3 Å². The minimum absolute atomic E-state index is 0.0262. The summed E-state index contributed by atoms with van der Waals surface area (Å²) in [6, 6.07) is 11.9. The van der Waals surface area contributed by atoms with E-state index in [0.29, 0.717) is 28.0 Å². The van der Waals surface area contributed by atoms with E-state index in [-0.39, 0.29) is 24.3 Å². The number of methoxy groups -OCH3 is 2. The molecule has 0 saturated heterocycles. The van der Waals surface area contributed by atoms with Crippen LogP contribution in [0.25, 0.3) is 11.0 Å². The molecule has 0 saturated carbocycles. The standard InChI is InChI=1S/C22H18O8/c1-26-17-9-12(7-8-16(17)28-11-19(24)27-2)14-10-18(23)30-21-13-5-3-4-6-15(13)29-22(25)20(14)21/h3-9,14H,10-11H2,1-2H3/t14-/m0/s1. The SMILES string of the molecule is COC(=O)COc1ccc([C@@H]2CC(=O)Oc3c2c(=O)oc2ccccc32)cc1OC. The monoisotopic (exact) mass is 410 g/mol. The lowest BCUT2D eigenvalue weighted by Gasteiger charge is -2.25. The Morgan fingerprint density at radius 1 is 1.10 bits per heavy atom. The highest BCUT2D eigenvalue weighted by Crippen LogP contribution is 2.42. The summed E-state index contributed by atoms with van der Waals surface area (Å²) in [5, 5.41) is 0.551. The van der Waals surface area contributed by atoms with Crippen molar-refractivity contribution in [1.82, 2.24) is 0 Å². The molecule has 1 atom stereocenters. The first kappa shape index (κ1) is 19.5. The maximum absolute atomic E-state index is 12.7. The van der Waals surface area contributed by atoms with Crippen molar-refractivity contribution in [3.63, 3.8) is 0 Å². The van der Waals surface area contributed by atoms with E-state index < -0.39 is 23.5 Å². The van der Waals surface area contributed by atoms with Gasteiger partial charge in [-0.15, -0.1) is 0 Å². The van der Waals surface area contributed by atoms with Crippen molar-refractivity contribution >= 4 is 22.9 Å². The highest BCUT2D eigenvalue weighted by atomic mass is 16.6. The molecule has 0 radical (unpaired) electrons. The summed E-state index contributed by atoms with van der Waals surface area (Å²) in [5.74, 6) is -0.667. The Morgan fingerprint density at radius 3 is 2.67 bits per heavy atom. The molecule has 0 fully saturated rings. The van der Waals surface area contributed by atoms with Crippen molar-refractivity contribution in [2.24, 2.45) is 0 Å². The minimum Gasteiger partial charge on any atom is -0.493 e. The number of carbonyl (C=O) groups is 2. The third kappa shape index (κ3) is 3.47. The molecule has 154 valence electrons. The summed E-state index contributed by atoms with van der Waals surface area (Å²) < 4.78 is 26.2. The molecule has 30 heavy (non-hydrogen) atoms. The van der Waals surface area contributed by atoms with Gasteiger partial charge in [0.05, 0.1) is 31.6 Å². The van der Waals surface area contributed by atoms with Crippen LogP contribution in [0, 0.1) is 0 Å². The first-order chi connectivity index (χ1) is 14.5. The molecule has 8 heteroatoms. The quantitative estimate of drug-likeness (QED) is 0.468. The molecule has 2 aromatic carbocycles. The topological polar surface area (TPSA) is 101 Å². The van der Waals surface area contributed by atoms with Crippen LogP contribution < -0.4 is 19.8 Å². The number of hydrogen-bond acceptors (Lipinski definition) is 8. The lowest BCUT2D eigenvalue weighted by Crippen LogP contribution is -2.26. The second-order valence-corrected chi connectivity index (χ2v) is 6.63. The Hall–Kier alpha value is -3.81. The van der Waals surface area contributed by atoms with Crippen molar-refractivity contribution in [1.29, 1.82) is 0 Å². The normalized spacial score (nSPS) is 15.3. The van der Waals surface area contributed by atoms with Crippen molar-refractivity contribution < 1.29 is 33.0 Å². The predicted octanol–water partition coefficient (Wildman–Crippen LogP) is 2.79. The number of fused-ring (bicyclic) bond motifs is 3. The fourth-order valence-corrected chi connectivity index (χ4v) is 3.47. The lowest BCUT2D eigenvalue weighted by atomic mass is 9.86. The summed E-state index contributed by atoms with van der Waals surface area (Å²) in [5.41, 5.74) is 0.710. The number of para-hydroxylation sites is 1. The zero-order valence-electron chi connectivity index (χ0n) is 16.3. The van der Waals surface area contributed by atoms with Gasteiger partial charge in [-0.1, -0.05) is 18.2 Å². The molecule has 0 N–H and O–H groups in total. The molecule has 1 aliphatic rings. The number of hydrogen-bond donors (Lipinski definition) is 0. The number of benzene rings is 2. The molecule has 0 bridgehead atoms. The second kappa shape index (κ2) is 7.90. The summed E-state index contributed by atoms with van der Waals surface area (Å²) in [4.78, 5) is 36.4. The molecule has 0 aliphatic carbocycles. The zero-order chi connectivity index (χ0) is 21.3. The van der Waals surface area contributed by atoms with Gasteiger partial charge in [0.25, 0.3) is 0 Å². The number of esters is 2. The van der Waals surface area contributed by atoms with Gasteiger partial charge in [0, 0.05) is 5.92 Å². The third-order valence-electron chi connectivity index (χ3n) is 4.90.